The summed E-state index contributed by atoms with van der Waals surface area (Å²) in [7, 11) is 0. The number of thioether (sulfide) groups is 1. The third-order valence-corrected chi connectivity index (χ3v) is 16.0. The fraction of sp³-hybridized carbons (Fsp3) is 0. The summed E-state index contributed by atoms with van der Waals surface area (Å²) in [5.41, 5.74) is 2.62. The molecule has 0 aliphatic carbocycles. The molecule has 0 N–H and O–H groups in total. The molecule has 6 heteroatoms. The van der Waals surface area contributed by atoms with Crippen molar-refractivity contribution in [1.29, 1.82) is 0 Å². The van der Waals surface area contributed by atoms with Gasteiger partial charge < -0.3 is 0 Å². The van der Waals surface area contributed by atoms with Crippen molar-refractivity contribution in [2.75, 3.05) is 0 Å². The van der Waals surface area contributed by atoms with E-state index in [1.165, 1.54) is 48.5 Å². The normalized spacial score (nSPS) is 13.6. The summed E-state index contributed by atoms with van der Waals surface area (Å²) in [6, 6.07) is 22.9. The summed E-state index contributed by atoms with van der Waals surface area (Å²) in [6.45, 7) is 0. The van der Waals surface area contributed by atoms with Crippen LogP contribution < -0.4 is 0 Å². The standard InChI is InChI=1S/C27H17S2Se4/c1-5-24(30-9-1)20-14-18(15-21(28-20)25-6-2-10-31-25)13-19-16-22(26-7-3-11-32-26)29-23(17-19)27-8-4-12-33-27/h1-17H/q+1. The molecular weight excluding hydrogens is 704 g/mol. The van der Waals surface area contributed by atoms with Gasteiger partial charge in [0.25, 0.3) is 0 Å². The first-order chi connectivity index (χ1) is 16.3. The molecule has 0 saturated heterocycles. The molecule has 160 valence electrons. The molecule has 6 heterocycles. The molecule has 0 bridgehead atoms. The molecule has 0 saturated carbocycles. The van der Waals surface area contributed by atoms with Crippen molar-refractivity contribution >= 4 is 97.0 Å². The van der Waals surface area contributed by atoms with Crippen LogP contribution in [-0.2, 0) is 0 Å². The fourth-order valence-electron chi connectivity index (χ4n) is 3.56. The van der Waals surface area contributed by atoms with Crippen LogP contribution in [0.5, 0.6) is 0 Å². The van der Waals surface area contributed by atoms with Gasteiger partial charge in [0.15, 0.2) is 0 Å². The summed E-state index contributed by atoms with van der Waals surface area (Å²) < 4.78 is 5.98. The Morgan fingerprint density at radius 2 is 1.06 bits per heavy atom. The van der Waals surface area contributed by atoms with E-state index < -0.39 is 0 Å². The van der Waals surface area contributed by atoms with Crippen LogP contribution in [0, 0.1) is 0 Å². The first-order valence-electron chi connectivity index (χ1n) is 10.3. The third-order valence-electron chi connectivity index (χ3n) is 5.02. The first kappa shape index (κ1) is 22.6. The minimum absolute atomic E-state index is 0.447. The second kappa shape index (κ2) is 10.4. The Bertz CT molecular complexity index is 1350. The van der Waals surface area contributed by atoms with Crippen molar-refractivity contribution < 1.29 is 0 Å². The number of hydrogen-bond acceptors (Lipinski definition) is 1. The van der Waals surface area contributed by atoms with Gasteiger partial charge in [0.2, 0.25) is 0 Å². The van der Waals surface area contributed by atoms with Crippen molar-refractivity contribution in [2.24, 2.45) is 0 Å². The van der Waals surface area contributed by atoms with Crippen LogP contribution in [0.4, 0.5) is 0 Å². The Morgan fingerprint density at radius 1 is 0.606 bits per heavy atom. The van der Waals surface area contributed by atoms with Gasteiger partial charge in [-0.1, -0.05) is 0 Å². The fourth-order valence-corrected chi connectivity index (χ4v) is 12.9. The van der Waals surface area contributed by atoms with Gasteiger partial charge in [-0.25, -0.2) is 0 Å². The van der Waals surface area contributed by atoms with Gasteiger partial charge in [-0.2, -0.15) is 0 Å². The van der Waals surface area contributed by atoms with E-state index in [1.807, 2.05) is 23.1 Å². The van der Waals surface area contributed by atoms with Crippen LogP contribution in [-0.4, -0.2) is 58.0 Å². The number of allylic oxidation sites excluding steroid dienone is 3. The van der Waals surface area contributed by atoms with Gasteiger partial charge >= 0.3 is 228 Å². The van der Waals surface area contributed by atoms with E-state index in [4.69, 9.17) is 0 Å². The molecule has 0 unspecified atom stereocenters. The third kappa shape index (κ3) is 5.22. The number of hydrogen-bond donors (Lipinski definition) is 0. The Balaban J connectivity index is 1.48. The van der Waals surface area contributed by atoms with E-state index in [0.717, 1.165) is 0 Å². The molecule has 0 atom stereocenters. The Morgan fingerprint density at radius 3 is 1.48 bits per heavy atom. The monoisotopic (exact) mass is 725 g/mol. The zero-order valence-corrected chi connectivity index (χ0v) is 25.7. The quantitative estimate of drug-likeness (QED) is 0.142. The van der Waals surface area contributed by atoms with Gasteiger partial charge in [0.05, 0.1) is 0 Å². The number of rotatable bonds is 5. The van der Waals surface area contributed by atoms with Gasteiger partial charge in [-0.15, -0.1) is 0 Å². The molecule has 0 spiro atoms. The topological polar surface area (TPSA) is 0 Å². The molecular formula is C27H17S2Se4+. The van der Waals surface area contributed by atoms with Gasteiger partial charge in [-0.3, -0.25) is 0 Å². The average Bonchev–Trinajstić information content (AvgIpc) is 3.68. The maximum atomic E-state index is 2.40. The van der Waals surface area contributed by atoms with Gasteiger partial charge in [0, 0.05) is 0 Å². The van der Waals surface area contributed by atoms with Crippen molar-refractivity contribution in [1.82, 2.24) is 0 Å². The molecule has 1 aliphatic heterocycles. The molecule has 5 aromatic rings. The maximum absolute atomic E-state index is 2.40. The van der Waals surface area contributed by atoms with Gasteiger partial charge in [-0.05, 0) is 0 Å². The van der Waals surface area contributed by atoms with Crippen LogP contribution >= 0.6 is 23.1 Å². The summed E-state index contributed by atoms with van der Waals surface area (Å²) in [4.78, 5) is 15.0. The Hall–Kier alpha value is -0.862. The predicted octanol–water partition coefficient (Wildman–Crippen LogP) is 6.80. The zero-order chi connectivity index (χ0) is 22.0. The Kier molecular flexibility index (Phi) is 7.12. The van der Waals surface area contributed by atoms with E-state index >= 15 is 0 Å². The molecule has 1 aliphatic rings. The SMILES string of the molecule is C(=C1C=C(c2ccc[se]2)SC(c2ccc[se]2)=C1)c1cc(-c2ccc[se]2)[s+]c(-c2ccc[se]2)c1. The first-order valence-corrected chi connectivity index (χ1v) is 19.3. The van der Waals surface area contributed by atoms with E-state index in [2.05, 4.69) is 98.7 Å². The molecule has 0 amide bonds. The van der Waals surface area contributed by atoms with Crippen molar-refractivity contribution in [3.8, 4) is 18.6 Å². The van der Waals surface area contributed by atoms with Crippen LogP contribution in [0.3, 0.4) is 0 Å². The molecule has 33 heavy (non-hydrogen) atoms. The molecule has 0 radical (unpaired) electrons. The zero-order valence-electron chi connectivity index (χ0n) is 17.3. The van der Waals surface area contributed by atoms with Crippen molar-refractivity contribution in [3.05, 3.63) is 113 Å². The van der Waals surface area contributed by atoms with Gasteiger partial charge in [0.1, 0.15) is 0 Å². The molecule has 5 aromatic heterocycles. The minimum atomic E-state index is 0.447. The van der Waals surface area contributed by atoms with Crippen LogP contribution in [0.2, 0.25) is 0 Å². The second-order valence-electron chi connectivity index (χ2n) is 7.29. The van der Waals surface area contributed by atoms with E-state index in [0.29, 0.717) is 58.0 Å². The molecule has 0 aromatic carbocycles. The molecule has 0 fully saturated rings. The molecule has 0 nitrogen and oxygen atoms in total. The van der Waals surface area contributed by atoms with Crippen molar-refractivity contribution in [3.63, 3.8) is 0 Å². The van der Waals surface area contributed by atoms with E-state index in [9.17, 15) is 0 Å². The van der Waals surface area contributed by atoms with E-state index in [1.54, 1.807) is 0 Å². The van der Waals surface area contributed by atoms with Crippen LogP contribution in [0.25, 0.3) is 34.5 Å². The van der Waals surface area contributed by atoms with Crippen LogP contribution in [0.1, 0.15) is 14.4 Å². The summed E-state index contributed by atoms with van der Waals surface area (Å²) in [6.07, 6.45) is 7.21. The summed E-state index contributed by atoms with van der Waals surface area (Å²) in [5, 5.41) is 0. The van der Waals surface area contributed by atoms with Crippen molar-refractivity contribution in [2.45, 2.75) is 0 Å². The van der Waals surface area contributed by atoms with Crippen LogP contribution in [0.15, 0.2) is 98.1 Å². The summed E-state index contributed by atoms with van der Waals surface area (Å²) in [5.74, 6) is 0. The summed E-state index contributed by atoms with van der Waals surface area (Å²) >= 11 is 5.70. The molecule has 6 rings (SSSR count). The second-order valence-corrected chi connectivity index (χ2v) is 17.4. The Labute approximate surface area is 226 Å². The van der Waals surface area contributed by atoms with E-state index in [-0.39, 0.29) is 0 Å². The average molecular weight is 721 g/mol. The predicted molar refractivity (Wildman–Crippen MR) is 152 cm³/mol.